The lowest BCUT2D eigenvalue weighted by molar-refractivity contribution is -0.224. The van der Waals surface area contributed by atoms with E-state index >= 15 is 0 Å². The summed E-state index contributed by atoms with van der Waals surface area (Å²) in [5.74, 6) is 0. The Bertz CT molecular complexity index is 155. The zero-order chi connectivity index (χ0) is 10.4. The van der Waals surface area contributed by atoms with Crippen LogP contribution in [0.5, 0.6) is 0 Å². The van der Waals surface area contributed by atoms with Gasteiger partial charge in [0.05, 0.1) is 5.60 Å². The monoisotopic (exact) mass is 202 g/mol. The molecule has 14 heavy (non-hydrogen) atoms. The fourth-order valence-corrected chi connectivity index (χ4v) is 1.68. The molecule has 84 valence electrons. The van der Waals surface area contributed by atoms with E-state index in [9.17, 15) is 0 Å². The number of rotatable bonds is 5. The zero-order valence-electron chi connectivity index (χ0n) is 9.29. The molecule has 0 aromatic carbocycles. The molecule has 0 aliphatic carbocycles. The summed E-state index contributed by atoms with van der Waals surface area (Å²) < 4.78 is 11.4. The van der Waals surface area contributed by atoms with E-state index in [1.54, 1.807) is 0 Å². The lowest BCUT2D eigenvalue weighted by atomic mass is 9.99. The molecule has 0 aromatic heterocycles. The largest absolute Gasteiger partial charge is 0.396 e. The predicted molar refractivity (Wildman–Crippen MR) is 55.1 cm³/mol. The van der Waals surface area contributed by atoms with Crippen molar-refractivity contribution in [2.45, 2.75) is 57.8 Å². The van der Waals surface area contributed by atoms with Crippen molar-refractivity contribution in [2.75, 3.05) is 13.2 Å². The van der Waals surface area contributed by atoms with Gasteiger partial charge in [-0.15, -0.1) is 0 Å². The van der Waals surface area contributed by atoms with Crippen molar-refractivity contribution in [3.63, 3.8) is 0 Å². The smallest absolute Gasteiger partial charge is 0.158 e. The molecule has 3 nitrogen and oxygen atoms in total. The Kier molecular flexibility index (Phi) is 4.85. The van der Waals surface area contributed by atoms with Gasteiger partial charge < -0.3 is 14.6 Å². The number of aliphatic hydroxyl groups is 1. The molecule has 0 saturated carbocycles. The van der Waals surface area contributed by atoms with Crippen LogP contribution in [0.1, 0.15) is 46.0 Å². The number of hydrogen-bond acceptors (Lipinski definition) is 3. The Morgan fingerprint density at radius 3 is 2.79 bits per heavy atom. The topological polar surface area (TPSA) is 38.7 Å². The Morgan fingerprint density at radius 1 is 1.50 bits per heavy atom. The van der Waals surface area contributed by atoms with Crippen LogP contribution in [0.4, 0.5) is 0 Å². The van der Waals surface area contributed by atoms with Crippen molar-refractivity contribution in [3.8, 4) is 0 Å². The van der Waals surface area contributed by atoms with E-state index in [1.165, 1.54) is 6.42 Å². The van der Waals surface area contributed by atoms with Crippen LogP contribution < -0.4 is 0 Å². The Morgan fingerprint density at radius 2 is 2.29 bits per heavy atom. The lowest BCUT2D eigenvalue weighted by Gasteiger charge is -2.34. The fraction of sp³-hybridized carbons (Fsp3) is 1.00. The predicted octanol–water partition coefficient (Wildman–Crippen LogP) is 2.08. The van der Waals surface area contributed by atoms with Crippen LogP contribution >= 0.6 is 0 Å². The molecule has 0 amide bonds. The minimum atomic E-state index is -0.225. The van der Waals surface area contributed by atoms with Crippen LogP contribution in [0.25, 0.3) is 0 Å². The quantitative estimate of drug-likeness (QED) is 0.742. The molecule has 0 spiro atoms. The Labute approximate surface area is 86.4 Å². The van der Waals surface area contributed by atoms with Gasteiger partial charge in [-0.3, -0.25) is 0 Å². The van der Waals surface area contributed by atoms with Gasteiger partial charge in [-0.1, -0.05) is 6.92 Å². The number of aliphatic hydroxyl groups excluding tert-OH is 1. The molecule has 1 fully saturated rings. The maximum Gasteiger partial charge on any atom is 0.158 e. The molecule has 1 rings (SSSR count). The van der Waals surface area contributed by atoms with Gasteiger partial charge in [-0.25, -0.2) is 0 Å². The molecule has 0 bridgehead atoms. The minimum absolute atomic E-state index is 0.0553. The molecule has 0 radical (unpaired) electrons. The molecule has 1 aliphatic heterocycles. The van der Waals surface area contributed by atoms with Crippen LogP contribution in [0.15, 0.2) is 0 Å². The molecule has 3 heteroatoms. The Balaban J connectivity index is 2.37. The first-order chi connectivity index (χ1) is 6.70. The highest BCUT2D eigenvalue weighted by atomic mass is 16.7. The summed E-state index contributed by atoms with van der Waals surface area (Å²) >= 11 is 0. The zero-order valence-corrected chi connectivity index (χ0v) is 9.29. The van der Waals surface area contributed by atoms with Crippen molar-refractivity contribution in [1.82, 2.24) is 0 Å². The maximum absolute atomic E-state index is 8.94. The molecule has 1 aliphatic rings. The lowest BCUT2D eigenvalue weighted by Crippen LogP contribution is -2.36. The molecule has 2 atom stereocenters. The summed E-state index contributed by atoms with van der Waals surface area (Å²) in [5, 5.41) is 8.94. The van der Waals surface area contributed by atoms with E-state index in [0.29, 0.717) is 6.42 Å². The van der Waals surface area contributed by atoms with Gasteiger partial charge >= 0.3 is 0 Å². The summed E-state index contributed by atoms with van der Waals surface area (Å²) in [7, 11) is 0. The van der Waals surface area contributed by atoms with Gasteiger partial charge in [0, 0.05) is 13.2 Å². The van der Waals surface area contributed by atoms with Gasteiger partial charge in [0.1, 0.15) is 0 Å². The second-order valence-electron chi connectivity index (χ2n) is 4.19. The molecular weight excluding hydrogens is 180 g/mol. The van der Waals surface area contributed by atoms with Crippen molar-refractivity contribution >= 4 is 0 Å². The molecule has 1 saturated heterocycles. The van der Waals surface area contributed by atoms with Gasteiger partial charge in [0.25, 0.3) is 0 Å². The van der Waals surface area contributed by atoms with Crippen LogP contribution in [0.3, 0.4) is 0 Å². The molecule has 0 aromatic rings. The average Bonchev–Trinajstić information content (AvgIpc) is 2.20. The standard InChI is InChI=1S/C11H22O3/c1-3-11(2,7-8-12)14-10-6-4-5-9-13-10/h10,12H,3-9H2,1-2H3. The first-order valence-electron chi connectivity index (χ1n) is 5.60. The van der Waals surface area contributed by atoms with E-state index in [2.05, 4.69) is 6.92 Å². The summed E-state index contributed by atoms with van der Waals surface area (Å²) in [6.45, 7) is 5.11. The maximum atomic E-state index is 8.94. The van der Waals surface area contributed by atoms with Crippen molar-refractivity contribution < 1.29 is 14.6 Å². The SMILES string of the molecule is CCC(C)(CCO)OC1CCCCO1. The third kappa shape index (κ3) is 3.56. The molecule has 1 N–H and O–H groups in total. The third-order valence-electron chi connectivity index (χ3n) is 2.94. The van der Waals surface area contributed by atoms with E-state index in [1.807, 2.05) is 6.92 Å². The van der Waals surface area contributed by atoms with Crippen LogP contribution in [-0.2, 0) is 9.47 Å². The Hall–Kier alpha value is -0.120. The highest BCUT2D eigenvalue weighted by Crippen LogP contribution is 2.25. The van der Waals surface area contributed by atoms with Gasteiger partial charge in [0.15, 0.2) is 6.29 Å². The van der Waals surface area contributed by atoms with E-state index in [4.69, 9.17) is 14.6 Å². The summed E-state index contributed by atoms with van der Waals surface area (Å²) in [6, 6.07) is 0. The van der Waals surface area contributed by atoms with Crippen LogP contribution in [0.2, 0.25) is 0 Å². The molecule has 2 unspecified atom stereocenters. The van der Waals surface area contributed by atoms with Crippen LogP contribution in [0, 0.1) is 0 Å². The summed E-state index contributed by atoms with van der Waals surface area (Å²) in [6.07, 6.45) is 4.85. The van der Waals surface area contributed by atoms with E-state index < -0.39 is 0 Å². The summed E-state index contributed by atoms with van der Waals surface area (Å²) in [4.78, 5) is 0. The van der Waals surface area contributed by atoms with Crippen molar-refractivity contribution in [3.05, 3.63) is 0 Å². The van der Waals surface area contributed by atoms with Crippen molar-refractivity contribution in [1.29, 1.82) is 0 Å². The second-order valence-corrected chi connectivity index (χ2v) is 4.19. The first-order valence-corrected chi connectivity index (χ1v) is 5.60. The van der Waals surface area contributed by atoms with Gasteiger partial charge in [-0.05, 0) is 39.0 Å². The number of hydrogen-bond donors (Lipinski definition) is 1. The van der Waals surface area contributed by atoms with E-state index in [0.717, 1.165) is 25.9 Å². The van der Waals surface area contributed by atoms with E-state index in [-0.39, 0.29) is 18.5 Å². The highest BCUT2D eigenvalue weighted by molar-refractivity contribution is 4.74. The second kappa shape index (κ2) is 5.69. The average molecular weight is 202 g/mol. The van der Waals surface area contributed by atoms with Crippen LogP contribution in [-0.4, -0.2) is 30.2 Å². The normalized spacial score (nSPS) is 27.2. The minimum Gasteiger partial charge on any atom is -0.396 e. The third-order valence-corrected chi connectivity index (χ3v) is 2.94. The molecule has 1 heterocycles. The molecular formula is C11H22O3. The number of ether oxygens (including phenoxy) is 2. The summed E-state index contributed by atoms with van der Waals surface area (Å²) in [5.41, 5.74) is -0.225. The van der Waals surface area contributed by atoms with Crippen molar-refractivity contribution in [2.24, 2.45) is 0 Å². The fourth-order valence-electron chi connectivity index (χ4n) is 1.68. The van der Waals surface area contributed by atoms with Gasteiger partial charge in [-0.2, -0.15) is 0 Å². The first kappa shape index (κ1) is 12.0. The van der Waals surface area contributed by atoms with Gasteiger partial charge in [0.2, 0.25) is 0 Å². The highest BCUT2D eigenvalue weighted by Gasteiger charge is 2.27.